The number of hydrogen-bond donors (Lipinski definition) is 14. The van der Waals surface area contributed by atoms with Crippen molar-refractivity contribution in [1.29, 1.82) is 0 Å². The molecule has 0 bridgehead atoms. The Bertz CT molecular complexity index is 966. The summed E-state index contributed by atoms with van der Waals surface area (Å²) in [4.78, 5) is 13.0. The minimum Gasteiger partial charge on any atom is -0.394 e. The molecule has 4 aliphatic rings. The van der Waals surface area contributed by atoms with Gasteiger partial charge in [-0.1, -0.05) is 0 Å². The molecule has 45 heavy (non-hydrogen) atoms. The van der Waals surface area contributed by atoms with Crippen LogP contribution in [0.2, 0.25) is 0 Å². The van der Waals surface area contributed by atoms with Gasteiger partial charge in [0.1, 0.15) is 66.6 Å². The van der Waals surface area contributed by atoms with E-state index in [1.54, 1.807) is 0 Å². The van der Waals surface area contributed by atoms with Crippen molar-refractivity contribution in [3.8, 4) is 0 Å². The highest BCUT2D eigenvalue weighted by atomic mass is 16.7. The number of carbonyl (C=O) groups is 1. The quantitative estimate of drug-likeness (QED) is 0.0868. The molecule has 2 aliphatic carbocycles. The van der Waals surface area contributed by atoms with Crippen LogP contribution >= 0.6 is 0 Å². The molecule has 262 valence electrons. The lowest BCUT2D eigenvalue weighted by molar-refractivity contribution is -0.333. The van der Waals surface area contributed by atoms with Gasteiger partial charge in [-0.2, -0.15) is 0 Å². The van der Waals surface area contributed by atoms with E-state index in [4.69, 9.17) is 41.9 Å². The number of aliphatic hydroxyl groups excluding tert-OH is 7. The van der Waals surface area contributed by atoms with E-state index in [2.05, 4.69) is 10.6 Å². The minimum atomic E-state index is -1.76. The summed E-state index contributed by atoms with van der Waals surface area (Å²) >= 11 is 0. The first-order valence-corrected chi connectivity index (χ1v) is 15.2. The second kappa shape index (κ2) is 15.3. The van der Waals surface area contributed by atoms with Crippen LogP contribution in [0.4, 0.5) is 0 Å². The molecular weight excluding hydrogens is 604 g/mol. The van der Waals surface area contributed by atoms with Gasteiger partial charge in [-0.15, -0.1) is 0 Å². The first kappa shape index (κ1) is 36.6. The second-order valence-corrected chi connectivity index (χ2v) is 12.5. The van der Waals surface area contributed by atoms with Gasteiger partial charge in [0.15, 0.2) is 12.6 Å². The van der Waals surface area contributed by atoms with Crippen LogP contribution in [0, 0.1) is 0 Å². The highest BCUT2D eigenvalue weighted by Crippen LogP contribution is 2.34. The molecule has 1 amide bonds. The number of nitrogens with one attached hydrogen (secondary N) is 2. The first-order chi connectivity index (χ1) is 21.2. The number of aliphatic hydroxyl groups is 8. The normalized spacial score (nSPS) is 48.9. The Morgan fingerprint density at radius 1 is 0.844 bits per heavy atom. The monoisotopic (exact) mass is 654 g/mol. The van der Waals surface area contributed by atoms with E-state index in [1.165, 1.54) is 0 Å². The van der Waals surface area contributed by atoms with Crippen molar-refractivity contribution >= 4 is 5.91 Å². The fraction of sp³-hybridized carbons (Fsp3) is 0.962. The fourth-order valence-electron chi connectivity index (χ4n) is 6.24. The molecule has 0 radical (unpaired) electrons. The van der Waals surface area contributed by atoms with E-state index in [-0.39, 0.29) is 31.8 Å². The summed E-state index contributed by atoms with van der Waals surface area (Å²) in [6.07, 6.45) is -17.4. The molecule has 0 aromatic carbocycles. The van der Waals surface area contributed by atoms with Gasteiger partial charge in [0.05, 0.1) is 18.7 Å². The lowest BCUT2D eigenvalue weighted by Gasteiger charge is -2.49. The van der Waals surface area contributed by atoms with E-state index in [0.717, 1.165) is 0 Å². The van der Waals surface area contributed by atoms with Crippen LogP contribution in [-0.2, 0) is 23.7 Å². The molecule has 4 fully saturated rings. The average Bonchev–Trinajstić information content (AvgIpc) is 2.99. The van der Waals surface area contributed by atoms with Gasteiger partial charge >= 0.3 is 0 Å². The number of nitrogens with two attached hydrogens (primary N) is 4. The van der Waals surface area contributed by atoms with Gasteiger partial charge in [-0.3, -0.25) is 4.79 Å². The molecule has 2 saturated heterocycles. The van der Waals surface area contributed by atoms with Gasteiger partial charge in [-0.05, 0) is 25.9 Å². The number of hydrogen-bond acceptors (Lipinski definition) is 18. The van der Waals surface area contributed by atoms with Crippen molar-refractivity contribution in [3.05, 3.63) is 0 Å². The number of amides is 1. The summed E-state index contributed by atoms with van der Waals surface area (Å²) in [6, 6.07) is -3.83. The summed E-state index contributed by atoms with van der Waals surface area (Å²) in [5.41, 5.74) is 21.8. The maximum atomic E-state index is 13.0. The highest BCUT2D eigenvalue weighted by molar-refractivity contribution is 5.86. The van der Waals surface area contributed by atoms with Crippen LogP contribution in [0.25, 0.3) is 0 Å². The van der Waals surface area contributed by atoms with Gasteiger partial charge in [0, 0.05) is 31.5 Å². The Labute approximate surface area is 259 Å². The van der Waals surface area contributed by atoms with E-state index >= 15 is 0 Å². The molecular formula is C26H50N6O13. The van der Waals surface area contributed by atoms with Gasteiger partial charge < -0.3 is 93.4 Å². The van der Waals surface area contributed by atoms with Crippen LogP contribution in [0.15, 0.2) is 0 Å². The van der Waals surface area contributed by atoms with Crippen molar-refractivity contribution in [2.75, 3.05) is 26.2 Å². The largest absolute Gasteiger partial charge is 0.394 e. The maximum Gasteiger partial charge on any atom is 0.252 e. The molecule has 2 saturated carbocycles. The Kier molecular flexibility index (Phi) is 12.5. The van der Waals surface area contributed by atoms with Crippen molar-refractivity contribution in [3.63, 3.8) is 0 Å². The van der Waals surface area contributed by atoms with Crippen molar-refractivity contribution in [2.24, 2.45) is 22.9 Å². The third-order valence-corrected chi connectivity index (χ3v) is 9.05. The predicted octanol–water partition coefficient (Wildman–Crippen LogP) is -8.30. The third kappa shape index (κ3) is 7.92. The Morgan fingerprint density at radius 3 is 2.09 bits per heavy atom. The van der Waals surface area contributed by atoms with Crippen LogP contribution in [-0.4, -0.2) is 176 Å². The van der Waals surface area contributed by atoms with Crippen molar-refractivity contribution in [1.82, 2.24) is 10.6 Å². The van der Waals surface area contributed by atoms with Gasteiger partial charge in [0.2, 0.25) is 0 Å². The van der Waals surface area contributed by atoms with Crippen LogP contribution in [0.3, 0.4) is 0 Å². The van der Waals surface area contributed by atoms with Crippen molar-refractivity contribution < 1.29 is 64.6 Å². The molecule has 19 nitrogen and oxygen atoms in total. The molecule has 15 unspecified atom stereocenters. The summed E-state index contributed by atoms with van der Waals surface area (Å²) < 4.78 is 23.1. The molecule has 0 aromatic heterocycles. The number of ether oxygens (including phenoxy) is 4. The minimum absolute atomic E-state index is 0.000123. The summed E-state index contributed by atoms with van der Waals surface area (Å²) in [7, 11) is 0. The summed E-state index contributed by atoms with van der Waals surface area (Å²) in [5.74, 6) is -0.792. The number of rotatable bonds is 12. The maximum absolute atomic E-state index is 13.0. The van der Waals surface area contributed by atoms with Crippen LogP contribution in [0.1, 0.15) is 25.7 Å². The SMILES string of the molecule is NCCCNCC1OC(OC2C(N)CC(NC(=O)C3(O)CC(N)C3)C(OC3OC(CO)C(O)C(N)C3O)C2O)C(O)C(O)C1O. The predicted molar refractivity (Wildman–Crippen MR) is 151 cm³/mol. The lowest BCUT2D eigenvalue weighted by atomic mass is 9.75. The Hall–Kier alpha value is -1.21. The standard InChI is InChI=1S/C26H50N6O13/c27-2-1-3-31-7-12-16(35)18(37)19(38)24(42-12)44-21-10(29)4-11(32-25(40)26(41)5-9(28)6-26)22(20(21)39)45-23-17(36)14(30)15(34)13(8-33)43-23/h9-24,31,33-39,41H,1-8,27-30H2,(H,32,40). The average molecular weight is 655 g/mol. The van der Waals surface area contributed by atoms with Crippen LogP contribution < -0.4 is 33.6 Å². The van der Waals surface area contributed by atoms with E-state index in [1.807, 2.05) is 0 Å². The molecule has 0 aromatic rings. The van der Waals surface area contributed by atoms with E-state index in [9.17, 15) is 45.6 Å². The molecule has 19 heteroatoms. The van der Waals surface area contributed by atoms with Gasteiger partial charge in [-0.25, -0.2) is 0 Å². The Balaban J connectivity index is 1.53. The highest BCUT2D eigenvalue weighted by Gasteiger charge is 2.54. The fourth-order valence-corrected chi connectivity index (χ4v) is 6.24. The molecule has 0 spiro atoms. The second-order valence-electron chi connectivity index (χ2n) is 12.5. The molecule has 4 rings (SSSR count). The molecule has 2 heterocycles. The van der Waals surface area contributed by atoms with Gasteiger partial charge in [0.25, 0.3) is 5.91 Å². The zero-order valence-electron chi connectivity index (χ0n) is 24.8. The zero-order chi connectivity index (χ0) is 33.2. The topological polar surface area (TPSA) is 344 Å². The van der Waals surface area contributed by atoms with Crippen molar-refractivity contribution in [2.45, 2.75) is 129 Å². The summed E-state index contributed by atoms with van der Waals surface area (Å²) in [5, 5.41) is 90.1. The first-order valence-electron chi connectivity index (χ1n) is 15.2. The molecule has 15 atom stereocenters. The number of carbonyl (C=O) groups excluding carboxylic acids is 1. The smallest absolute Gasteiger partial charge is 0.252 e. The van der Waals surface area contributed by atoms with E-state index in [0.29, 0.717) is 19.5 Å². The lowest BCUT2D eigenvalue weighted by Crippen LogP contribution is -2.71. The van der Waals surface area contributed by atoms with E-state index < -0.39 is 110 Å². The summed E-state index contributed by atoms with van der Waals surface area (Å²) in [6.45, 7) is 0.330. The molecule has 2 aliphatic heterocycles. The molecule has 18 N–H and O–H groups in total. The Morgan fingerprint density at radius 2 is 1.47 bits per heavy atom. The zero-order valence-corrected chi connectivity index (χ0v) is 24.8. The third-order valence-electron chi connectivity index (χ3n) is 9.05. The van der Waals surface area contributed by atoms with Crippen LogP contribution in [0.5, 0.6) is 0 Å².